The zero-order valence-electron chi connectivity index (χ0n) is 10.2. The van der Waals surface area contributed by atoms with E-state index in [1.165, 1.54) is 5.56 Å². The molecular weight excluding hydrogens is 200 g/mol. The van der Waals surface area contributed by atoms with E-state index < -0.39 is 5.60 Å². The minimum atomic E-state index is -0.642. The smallest absolute Gasteiger partial charge is 0.127 e. The number of hydrogen-bond acceptors (Lipinski definition) is 2. The molecule has 0 unspecified atom stereocenters. The first-order chi connectivity index (χ1) is 7.49. The zero-order valence-corrected chi connectivity index (χ0v) is 10.2. The topological polar surface area (TPSA) is 29.5 Å². The molecule has 0 aromatic heterocycles. The molecule has 16 heavy (non-hydrogen) atoms. The van der Waals surface area contributed by atoms with Crippen molar-refractivity contribution in [3.63, 3.8) is 0 Å². The van der Waals surface area contributed by atoms with Gasteiger partial charge in [-0.25, -0.2) is 0 Å². The van der Waals surface area contributed by atoms with Gasteiger partial charge in [0.15, 0.2) is 0 Å². The van der Waals surface area contributed by atoms with Crippen LogP contribution in [0, 0.1) is 0 Å². The van der Waals surface area contributed by atoms with Gasteiger partial charge in [-0.2, -0.15) is 0 Å². The number of rotatable bonds is 3. The van der Waals surface area contributed by atoms with Crippen molar-refractivity contribution < 1.29 is 9.84 Å². The maximum absolute atomic E-state index is 9.85. The summed E-state index contributed by atoms with van der Waals surface area (Å²) in [6.07, 6.45) is 1.73. The molecule has 1 aliphatic carbocycles. The third-order valence-electron chi connectivity index (χ3n) is 3.43. The Labute approximate surface area is 97.3 Å². The first kappa shape index (κ1) is 11.5. The molecule has 2 rings (SSSR count). The maximum Gasteiger partial charge on any atom is 0.127 e. The normalized spacial score (nSPS) is 28.9. The maximum atomic E-state index is 9.85. The standard InChI is InChI=1S/C14H20O2/c1-10(2)11-4-6-12(7-5-11)16-13-8-9-14(13,3)15/h4-7,10,13,15H,8-9H2,1-3H3/t13-,14-/m0/s1. The predicted molar refractivity (Wildman–Crippen MR) is 64.8 cm³/mol. The molecule has 2 heteroatoms. The molecule has 0 amide bonds. The molecule has 0 aliphatic heterocycles. The molecule has 2 atom stereocenters. The van der Waals surface area contributed by atoms with Crippen LogP contribution < -0.4 is 4.74 Å². The average molecular weight is 220 g/mol. The van der Waals surface area contributed by atoms with Gasteiger partial charge in [0, 0.05) is 0 Å². The molecule has 1 aromatic carbocycles. The first-order valence-electron chi connectivity index (χ1n) is 5.98. The Hall–Kier alpha value is -1.02. The van der Waals surface area contributed by atoms with Crippen molar-refractivity contribution >= 4 is 0 Å². The molecule has 0 bridgehead atoms. The van der Waals surface area contributed by atoms with E-state index in [0.29, 0.717) is 5.92 Å². The summed E-state index contributed by atoms with van der Waals surface area (Å²) in [6, 6.07) is 8.16. The van der Waals surface area contributed by atoms with Gasteiger partial charge in [-0.05, 0) is 43.4 Å². The second-order valence-electron chi connectivity index (χ2n) is 5.23. The van der Waals surface area contributed by atoms with Gasteiger partial charge >= 0.3 is 0 Å². The summed E-state index contributed by atoms with van der Waals surface area (Å²) in [5.41, 5.74) is 0.671. The summed E-state index contributed by atoms with van der Waals surface area (Å²) in [5.74, 6) is 1.40. The van der Waals surface area contributed by atoms with Crippen LogP contribution in [0.15, 0.2) is 24.3 Å². The van der Waals surface area contributed by atoms with E-state index in [1.807, 2.05) is 19.1 Å². The molecular formula is C14H20O2. The quantitative estimate of drug-likeness (QED) is 0.848. The Morgan fingerprint density at radius 3 is 2.31 bits per heavy atom. The van der Waals surface area contributed by atoms with Crippen LogP contribution in [-0.4, -0.2) is 16.8 Å². The molecule has 1 aromatic rings. The van der Waals surface area contributed by atoms with Crippen molar-refractivity contribution in [3.8, 4) is 5.75 Å². The average Bonchev–Trinajstić information content (AvgIpc) is 2.25. The third kappa shape index (κ3) is 2.22. The molecule has 1 saturated carbocycles. The summed E-state index contributed by atoms with van der Waals surface area (Å²) < 4.78 is 5.75. The molecule has 0 saturated heterocycles. The highest BCUT2D eigenvalue weighted by Gasteiger charge is 2.42. The SMILES string of the molecule is CC(C)c1ccc(O[C@H]2CC[C@]2(C)O)cc1. The fraction of sp³-hybridized carbons (Fsp3) is 0.571. The third-order valence-corrected chi connectivity index (χ3v) is 3.43. The highest BCUT2D eigenvalue weighted by atomic mass is 16.5. The van der Waals surface area contributed by atoms with E-state index in [0.717, 1.165) is 18.6 Å². The highest BCUT2D eigenvalue weighted by Crippen LogP contribution is 2.35. The van der Waals surface area contributed by atoms with Crippen LogP contribution in [0.4, 0.5) is 0 Å². The molecule has 1 fully saturated rings. The predicted octanol–water partition coefficient (Wildman–Crippen LogP) is 3.10. The van der Waals surface area contributed by atoms with Crippen LogP contribution in [0.5, 0.6) is 5.75 Å². The van der Waals surface area contributed by atoms with Crippen molar-refractivity contribution in [1.29, 1.82) is 0 Å². The van der Waals surface area contributed by atoms with E-state index >= 15 is 0 Å². The Morgan fingerprint density at radius 2 is 1.94 bits per heavy atom. The van der Waals surface area contributed by atoms with Gasteiger partial charge in [-0.15, -0.1) is 0 Å². The van der Waals surface area contributed by atoms with Gasteiger partial charge < -0.3 is 9.84 Å². The monoisotopic (exact) mass is 220 g/mol. The van der Waals surface area contributed by atoms with Crippen molar-refractivity contribution in [1.82, 2.24) is 0 Å². The minimum Gasteiger partial charge on any atom is -0.487 e. The lowest BCUT2D eigenvalue weighted by molar-refractivity contribution is -0.118. The summed E-state index contributed by atoms with van der Waals surface area (Å²) in [4.78, 5) is 0. The highest BCUT2D eigenvalue weighted by molar-refractivity contribution is 5.29. The molecule has 88 valence electrons. The van der Waals surface area contributed by atoms with E-state index in [9.17, 15) is 5.11 Å². The Balaban J connectivity index is 2.00. The van der Waals surface area contributed by atoms with E-state index in [-0.39, 0.29) is 6.10 Å². The largest absolute Gasteiger partial charge is 0.487 e. The van der Waals surface area contributed by atoms with Crippen LogP contribution in [0.3, 0.4) is 0 Å². The lowest BCUT2D eigenvalue weighted by Crippen LogP contribution is -2.52. The van der Waals surface area contributed by atoms with Crippen molar-refractivity contribution in [2.45, 2.75) is 51.2 Å². The molecule has 0 radical (unpaired) electrons. The summed E-state index contributed by atoms with van der Waals surface area (Å²) in [7, 11) is 0. The molecule has 1 N–H and O–H groups in total. The van der Waals surface area contributed by atoms with Crippen molar-refractivity contribution in [3.05, 3.63) is 29.8 Å². The van der Waals surface area contributed by atoms with Crippen molar-refractivity contribution in [2.75, 3.05) is 0 Å². The van der Waals surface area contributed by atoms with Gasteiger partial charge in [0.2, 0.25) is 0 Å². The Kier molecular flexibility index (Phi) is 2.94. The molecule has 1 aliphatic rings. The lowest BCUT2D eigenvalue weighted by Gasteiger charge is -2.42. The first-order valence-corrected chi connectivity index (χ1v) is 5.98. The second-order valence-corrected chi connectivity index (χ2v) is 5.23. The second kappa shape index (κ2) is 4.10. The van der Waals surface area contributed by atoms with Crippen LogP contribution >= 0.6 is 0 Å². The van der Waals surface area contributed by atoms with Crippen molar-refractivity contribution in [2.24, 2.45) is 0 Å². The number of aliphatic hydroxyl groups is 1. The van der Waals surface area contributed by atoms with Gasteiger partial charge in [0.25, 0.3) is 0 Å². The van der Waals surface area contributed by atoms with E-state index in [2.05, 4.69) is 26.0 Å². The fourth-order valence-corrected chi connectivity index (χ4v) is 1.96. The minimum absolute atomic E-state index is 0.0441. The van der Waals surface area contributed by atoms with Gasteiger partial charge in [0.1, 0.15) is 11.9 Å². The van der Waals surface area contributed by atoms with Crippen LogP contribution in [0.1, 0.15) is 45.1 Å². The number of hydrogen-bond donors (Lipinski definition) is 1. The van der Waals surface area contributed by atoms with Gasteiger partial charge in [-0.3, -0.25) is 0 Å². The Morgan fingerprint density at radius 1 is 1.31 bits per heavy atom. The van der Waals surface area contributed by atoms with Crippen LogP contribution in [-0.2, 0) is 0 Å². The zero-order chi connectivity index (χ0) is 11.8. The summed E-state index contributed by atoms with van der Waals surface area (Å²) >= 11 is 0. The Bertz CT molecular complexity index is 352. The van der Waals surface area contributed by atoms with E-state index in [4.69, 9.17) is 4.74 Å². The van der Waals surface area contributed by atoms with Gasteiger partial charge in [0.05, 0.1) is 5.60 Å². The summed E-state index contributed by atoms with van der Waals surface area (Å²) in [5, 5.41) is 9.85. The number of ether oxygens (including phenoxy) is 1. The fourth-order valence-electron chi connectivity index (χ4n) is 1.96. The molecule has 0 spiro atoms. The van der Waals surface area contributed by atoms with Crippen LogP contribution in [0.25, 0.3) is 0 Å². The van der Waals surface area contributed by atoms with Crippen LogP contribution in [0.2, 0.25) is 0 Å². The molecule has 0 heterocycles. The van der Waals surface area contributed by atoms with E-state index in [1.54, 1.807) is 0 Å². The lowest BCUT2D eigenvalue weighted by atomic mass is 9.78. The number of benzene rings is 1. The molecule has 2 nitrogen and oxygen atoms in total. The summed E-state index contributed by atoms with van der Waals surface area (Å²) in [6.45, 7) is 6.18. The van der Waals surface area contributed by atoms with Gasteiger partial charge in [-0.1, -0.05) is 26.0 Å².